The number of carbonyl (C=O) groups excluding carboxylic acids is 2. The zero-order valence-electron chi connectivity index (χ0n) is 12.2. The smallest absolute Gasteiger partial charge is 0.324 e. The van der Waals surface area contributed by atoms with Crippen LogP contribution in [-0.2, 0) is 30.4 Å². The van der Waals surface area contributed by atoms with Crippen molar-refractivity contribution in [3.8, 4) is 0 Å². The molecular formula is C15H20O5. The molecule has 1 rings (SSSR count). The lowest BCUT2D eigenvalue weighted by atomic mass is 9.98. The lowest BCUT2D eigenvalue weighted by Crippen LogP contribution is -2.24. The van der Waals surface area contributed by atoms with Crippen molar-refractivity contribution in [2.75, 3.05) is 14.2 Å². The molecule has 0 radical (unpaired) electrons. The van der Waals surface area contributed by atoms with E-state index in [1.807, 2.05) is 26.0 Å². The molecule has 1 aromatic rings. The van der Waals surface area contributed by atoms with Gasteiger partial charge in [-0.3, -0.25) is 9.59 Å². The van der Waals surface area contributed by atoms with Crippen molar-refractivity contribution < 1.29 is 23.8 Å². The van der Waals surface area contributed by atoms with E-state index in [2.05, 4.69) is 9.47 Å². The Morgan fingerprint density at radius 2 is 1.50 bits per heavy atom. The minimum Gasteiger partial charge on any atom is -0.468 e. The van der Waals surface area contributed by atoms with Crippen LogP contribution >= 0.6 is 0 Å². The molecule has 0 saturated heterocycles. The average molecular weight is 280 g/mol. The Hall–Kier alpha value is -1.88. The quantitative estimate of drug-likeness (QED) is 0.589. The van der Waals surface area contributed by atoms with Crippen LogP contribution in [0.5, 0.6) is 0 Å². The third-order valence-corrected chi connectivity index (χ3v) is 2.77. The van der Waals surface area contributed by atoms with E-state index in [-0.39, 0.29) is 6.10 Å². The van der Waals surface area contributed by atoms with Gasteiger partial charge in [0.15, 0.2) is 5.92 Å². The van der Waals surface area contributed by atoms with Crippen molar-refractivity contribution in [1.82, 2.24) is 0 Å². The van der Waals surface area contributed by atoms with Gasteiger partial charge in [-0.2, -0.15) is 0 Å². The highest BCUT2D eigenvalue weighted by atomic mass is 16.5. The number of rotatable bonds is 6. The van der Waals surface area contributed by atoms with Gasteiger partial charge in [0.1, 0.15) is 0 Å². The summed E-state index contributed by atoms with van der Waals surface area (Å²) in [5.74, 6) is -2.32. The molecule has 0 aliphatic heterocycles. The Labute approximate surface area is 118 Å². The van der Waals surface area contributed by atoms with E-state index in [4.69, 9.17) is 4.74 Å². The zero-order chi connectivity index (χ0) is 15.1. The highest BCUT2D eigenvalue weighted by molar-refractivity contribution is 6.00. The molecule has 5 heteroatoms. The molecule has 0 atom stereocenters. The SMILES string of the molecule is COC(=O)C(C(=O)OC)c1ccc(COC(C)C)cc1. The van der Waals surface area contributed by atoms with E-state index in [1.54, 1.807) is 12.1 Å². The maximum Gasteiger partial charge on any atom is 0.324 e. The van der Waals surface area contributed by atoms with Gasteiger partial charge in [0.25, 0.3) is 0 Å². The summed E-state index contributed by atoms with van der Waals surface area (Å²) in [4.78, 5) is 23.3. The van der Waals surface area contributed by atoms with Crippen LogP contribution in [0, 0.1) is 0 Å². The molecule has 0 aliphatic rings. The number of benzene rings is 1. The highest BCUT2D eigenvalue weighted by Crippen LogP contribution is 2.20. The normalized spacial score (nSPS) is 10.7. The third-order valence-electron chi connectivity index (χ3n) is 2.77. The standard InChI is InChI=1S/C15H20O5/c1-10(2)20-9-11-5-7-12(8-6-11)13(14(16)18-3)15(17)19-4/h5-8,10,13H,9H2,1-4H3. The van der Waals surface area contributed by atoms with Crippen LogP contribution in [-0.4, -0.2) is 32.3 Å². The Balaban J connectivity index is 2.88. The van der Waals surface area contributed by atoms with E-state index < -0.39 is 17.9 Å². The van der Waals surface area contributed by atoms with Crippen LogP contribution in [0.1, 0.15) is 30.9 Å². The van der Waals surface area contributed by atoms with Gasteiger partial charge in [-0.25, -0.2) is 0 Å². The van der Waals surface area contributed by atoms with E-state index in [0.29, 0.717) is 12.2 Å². The summed E-state index contributed by atoms with van der Waals surface area (Å²) < 4.78 is 14.8. The number of carbonyl (C=O) groups is 2. The Morgan fingerprint density at radius 1 is 1.00 bits per heavy atom. The van der Waals surface area contributed by atoms with Gasteiger partial charge in [0, 0.05) is 0 Å². The van der Waals surface area contributed by atoms with Crippen molar-refractivity contribution in [2.45, 2.75) is 32.5 Å². The van der Waals surface area contributed by atoms with Gasteiger partial charge in [0.2, 0.25) is 0 Å². The minimum absolute atomic E-state index is 0.146. The molecule has 0 aromatic heterocycles. The summed E-state index contributed by atoms with van der Waals surface area (Å²) in [5, 5.41) is 0. The monoisotopic (exact) mass is 280 g/mol. The van der Waals surface area contributed by atoms with Crippen molar-refractivity contribution >= 4 is 11.9 Å². The summed E-state index contributed by atoms with van der Waals surface area (Å²) in [5.41, 5.74) is 1.51. The molecule has 0 N–H and O–H groups in total. The first-order valence-electron chi connectivity index (χ1n) is 6.35. The fourth-order valence-corrected chi connectivity index (χ4v) is 1.67. The molecule has 0 aliphatic carbocycles. The summed E-state index contributed by atoms with van der Waals surface area (Å²) in [6, 6.07) is 7.04. The first-order chi connectivity index (χ1) is 9.49. The van der Waals surface area contributed by atoms with Crippen LogP contribution < -0.4 is 0 Å². The van der Waals surface area contributed by atoms with Crippen molar-refractivity contribution in [3.63, 3.8) is 0 Å². The van der Waals surface area contributed by atoms with Gasteiger partial charge in [-0.1, -0.05) is 24.3 Å². The van der Waals surface area contributed by atoms with E-state index in [9.17, 15) is 9.59 Å². The van der Waals surface area contributed by atoms with E-state index >= 15 is 0 Å². The fraction of sp³-hybridized carbons (Fsp3) is 0.467. The maximum absolute atomic E-state index is 11.7. The second kappa shape index (κ2) is 7.65. The molecule has 20 heavy (non-hydrogen) atoms. The second-order valence-corrected chi connectivity index (χ2v) is 4.58. The molecule has 0 amide bonds. The topological polar surface area (TPSA) is 61.8 Å². The van der Waals surface area contributed by atoms with E-state index in [0.717, 1.165) is 5.56 Å². The fourth-order valence-electron chi connectivity index (χ4n) is 1.67. The van der Waals surface area contributed by atoms with Crippen molar-refractivity contribution in [2.24, 2.45) is 0 Å². The van der Waals surface area contributed by atoms with Gasteiger partial charge in [0.05, 0.1) is 26.9 Å². The van der Waals surface area contributed by atoms with Crippen LogP contribution in [0.4, 0.5) is 0 Å². The lowest BCUT2D eigenvalue weighted by molar-refractivity contribution is -0.154. The summed E-state index contributed by atoms with van der Waals surface area (Å²) >= 11 is 0. The molecule has 0 unspecified atom stereocenters. The number of esters is 2. The van der Waals surface area contributed by atoms with Gasteiger partial charge >= 0.3 is 11.9 Å². The summed E-state index contributed by atoms with van der Waals surface area (Å²) in [7, 11) is 2.48. The summed E-state index contributed by atoms with van der Waals surface area (Å²) in [6.45, 7) is 4.40. The Kier molecular flexibility index (Phi) is 6.18. The second-order valence-electron chi connectivity index (χ2n) is 4.58. The van der Waals surface area contributed by atoms with Crippen LogP contribution in [0.2, 0.25) is 0 Å². The first kappa shape index (κ1) is 16.2. The molecule has 110 valence electrons. The number of hydrogen-bond donors (Lipinski definition) is 0. The first-order valence-corrected chi connectivity index (χ1v) is 6.35. The van der Waals surface area contributed by atoms with E-state index in [1.165, 1.54) is 14.2 Å². The molecular weight excluding hydrogens is 260 g/mol. The van der Waals surface area contributed by atoms with Gasteiger partial charge in [-0.15, -0.1) is 0 Å². The predicted molar refractivity (Wildman–Crippen MR) is 73.1 cm³/mol. The average Bonchev–Trinajstić information content (AvgIpc) is 2.46. The molecule has 0 spiro atoms. The number of hydrogen-bond acceptors (Lipinski definition) is 5. The van der Waals surface area contributed by atoms with Crippen molar-refractivity contribution in [1.29, 1.82) is 0 Å². The minimum atomic E-state index is -1.05. The third kappa shape index (κ3) is 4.35. The Bertz CT molecular complexity index is 434. The predicted octanol–water partition coefficient (Wildman–Crippen LogP) is 2.04. The number of methoxy groups -OCH3 is 2. The summed E-state index contributed by atoms with van der Waals surface area (Å²) in [6.07, 6.45) is 0.146. The molecule has 5 nitrogen and oxygen atoms in total. The molecule has 0 bridgehead atoms. The van der Waals surface area contributed by atoms with Gasteiger partial charge < -0.3 is 14.2 Å². The molecule has 0 saturated carbocycles. The van der Waals surface area contributed by atoms with Crippen molar-refractivity contribution in [3.05, 3.63) is 35.4 Å². The maximum atomic E-state index is 11.7. The molecule has 0 heterocycles. The van der Waals surface area contributed by atoms with Crippen LogP contribution in [0.3, 0.4) is 0 Å². The highest BCUT2D eigenvalue weighted by Gasteiger charge is 2.30. The van der Waals surface area contributed by atoms with Crippen LogP contribution in [0.15, 0.2) is 24.3 Å². The van der Waals surface area contributed by atoms with Crippen LogP contribution in [0.25, 0.3) is 0 Å². The van der Waals surface area contributed by atoms with Gasteiger partial charge in [-0.05, 0) is 25.0 Å². The number of ether oxygens (including phenoxy) is 3. The lowest BCUT2D eigenvalue weighted by Gasteiger charge is -2.13. The molecule has 0 fully saturated rings. The Morgan fingerprint density at radius 3 is 1.90 bits per heavy atom. The largest absolute Gasteiger partial charge is 0.468 e. The zero-order valence-corrected chi connectivity index (χ0v) is 12.2. The molecule has 1 aromatic carbocycles.